The Morgan fingerprint density at radius 3 is 2.33 bits per heavy atom. The van der Waals surface area contributed by atoms with Gasteiger partial charge in [-0.2, -0.15) is 10.6 Å². The molecule has 0 saturated carbocycles. The highest BCUT2D eigenvalue weighted by molar-refractivity contribution is 8.25. The van der Waals surface area contributed by atoms with Crippen LogP contribution in [0.2, 0.25) is 0 Å². The number of unbranched alkanes of at least 4 members (excludes halogenated alkanes) is 1. The zero-order valence-corrected chi connectivity index (χ0v) is 21.7. The molecule has 2 aromatic rings. The summed E-state index contributed by atoms with van der Waals surface area (Å²) in [6.07, 6.45) is 2.11. The van der Waals surface area contributed by atoms with Gasteiger partial charge in [0.15, 0.2) is 0 Å². The van der Waals surface area contributed by atoms with Crippen LogP contribution < -0.4 is 10.1 Å². The first-order valence-corrected chi connectivity index (χ1v) is 14.3. The molecule has 2 aromatic carbocycles. The topological polar surface area (TPSA) is 119 Å². The Hall–Kier alpha value is -1.09. The summed E-state index contributed by atoms with van der Waals surface area (Å²) in [7, 11) is -6.57. The van der Waals surface area contributed by atoms with Crippen molar-refractivity contribution in [3.63, 3.8) is 0 Å². The minimum absolute atomic E-state index is 0. The molecule has 0 bridgehead atoms. The van der Waals surface area contributed by atoms with E-state index in [4.69, 9.17) is 4.74 Å². The first-order valence-electron chi connectivity index (χ1n) is 10.9. The molecular formula is C23H35ClNO6PS. The molecule has 3 rings (SSSR count). The van der Waals surface area contributed by atoms with Crippen molar-refractivity contribution in [1.82, 2.24) is 5.32 Å². The molecule has 0 spiro atoms. The lowest BCUT2D eigenvalue weighted by atomic mass is 9.84. The van der Waals surface area contributed by atoms with E-state index in [0.717, 1.165) is 18.4 Å². The minimum atomic E-state index is -4.54. The van der Waals surface area contributed by atoms with Crippen molar-refractivity contribution < 1.29 is 28.2 Å². The normalized spacial score (nSPS) is 25.3. The fourth-order valence-electron chi connectivity index (χ4n) is 4.71. The Labute approximate surface area is 203 Å². The summed E-state index contributed by atoms with van der Waals surface area (Å²) < 4.78 is 40.9. The van der Waals surface area contributed by atoms with Gasteiger partial charge in [-0.05, 0) is 36.6 Å². The van der Waals surface area contributed by atoms with Crippen LogP contribution in [-0.2, 0) is 4.57 Å². The van der Waals surface area contributed by atoms with Crippen molar-refractivity contribution in [2.24, 2.45) is 0 Å². The van der Waals surface area contributed by atoms with Crippen molar-refractivity contribution in [1.29, 1.82) is 0 Å². The maximum absolute atomic E-state index is 12.2. The van der Waals surface area contributed by atoms with Gasteiger partial charge in [-0.1, -0.05) is 57.0 Å². The Morgan fingerprint density at radius 2 is 1.79 bits per heavy atom. The van der Waals surface area contributed by atoms with E-state index in [1.54, 1.807) is 25.3 Å². The molecule has 10 heteroatoms. The quantitative estimate of drug-likeness (QED) is 0.279. The predicted octanol–water partition coefficient (Wildman–Crippen LogP) is 5.80. The predicted molar refractivity (Wildman–Crippen MR) is 136 cm³/mol. The van der Waals surface area contributed by atoms with Gasteiger partial charge < -0.3 is 14.5 Å². The standard InChI is InChI=1S/C23H34NO6PS.ClH/c1-4-6-14-23(5-2)21(16-31(25,26)27)32(28,29)20-13-12-18(30-3)15-19(20)22(24-23)17-10-8-7-9-11-17;/h7-13,15,21-22,24,28-29H,4-6,14,16H2,1-3H3,(H2,25,26,27);1H/t21?,22-,23-;/m1./s1. The summed E-state index contributed by atoms with van der Waals surface area (Å²) in [4.78, 5) is 20.1. The number of nitrogens with one attached hydrogen (secondary N) is 1. The van der Waals surface area contributed by atoms with E-state index in [1.165, 1.54) is 0 Å². The van der Waals surface area contributed by atoms with Gasteiger partial charge in [0.1, 0.15) is 5.75 Å². The molecule has 5 N–H and O–H groups in total. The maximum Gasteiger partial charge on any atom is 0.327 e. The van der Waals surface area contributed by atoms with Crippen LogP contribution in [0.25, 0.3) is 0 Å². The zero-order chi connectivity index (χ0) is 23.6. The van der Waals surface area contributed by atoms with Gasteiger partial charge in [-0.3, -0.25) is 19.0 Å². The summed E-state index contributed by atoms with van der Waals surface area (Å²) in [5.41, 5.74) is 0.698. The molecule has 3 atom stereocenters. The second-order valence-electron chi connectivity index (χ2n) is 8.43. The Bertz CT molecular complexity index is 973. The van der Waals surface area contributed by atoms with Crippen LogP contribution in [0, 0.1) is 0 Å². The average molecular weight is 520 g/mol. The van der Waals surface area contributed by atoms with Crippen LogP contribution in [0.4, 0.5) is 0 Å². The fraction of sp³-hybridized carbons (Fsp3) is 0.478. The van der Waals surface area contributed by atoms with E-state index >= 15 is 0 Å². The number of rotatable bonds is 8. The van der Waals surface area contributed by atoms with E-state index in [1.807, 2.05) is 44.2 Å². The molecule has 0 radical (unpaired) electrons. The summed E-state index contributed by atoms with van der Waals surface area (Å²) >= 11 is 0. The smallest absolute Gasteiger partial charge is 0.327 e. The summed E-state index contributed by atoms with van der Waals surface area (Å²) in [6.45, 7) is 3.98. The zero-order valence-electron chi connectivity index (χ0n) is 19.2. The van der Waals surface area contributed by atoms with Crippen LogP contribution in [-0.4, -0.2) is 43.0 Å². The number of hydrogen-bond acceptors (Lipinski definition) is 5. The largest absolute Gasteiger partial charge is 0.497 e. The SMILES string of the molecule is CCCC[C@@]1(CC)N[C@H](c2ccccc2)c2cc(OC)ccc2S(O)(O)C1CP(=O)(O)O.Cl. The second kappa shape index (κ2) is 11.1. The van der Waals surface area contributed by atoms with Crippen molar-refractivity contribution >= 4 is 30.6 Å². The molecule has 1 unspecified atom stereocenters. The molecule has 0 amide bonds. The third-order valence-corrected chi connectivity index (χ3v) is 9.96. The molecule has 186 valence electrons. The van der Waals surface area contributed by atoms with Gasteiger partial charge in [-0.15, -0.1) is 12.4 Å². The Morgan fingerprint density at radius 1 is 1.12 bits per heavy atom. The van der Waals surface area contributed by atoms with Crippen molar-refractivity contribution in [2.75, 3.05) is 13.3 Å². The number of fused-ring (bicyclic) bond motifs is 1. The summed E-state index contributed by atoms with van der Waals surface area (Å²) in [5, 5.41) is 2.62. The van der Waals surface area contributed by atoms with Gasteiger partial charge in [0.25, 0.3) is 0 Å². The van der Waals surface area contributed by atoms with E-state index < -0.39 is 41.2 Å². The maximum atomic E-state index is 12.2. The monoisotopic (exact) mass is 519 g/mol. The van der Waals surface area contributed by atoms with Crippen LogP contribution in [0.5, 0.6) is 5.75 Å². The number of methoxy groups -OCH3 is 1. The van der Waals surface area contributed by atoms with Gasteiger partial charge in [0.2, 0.25) is 0 Å². The van der Waals surface area contributed by atoms with Crippen LogP contribution in [0.3, 0.4) is 0 Å². The van der Waals surface area contributed by atoms with Crippen molar-refractivity contribution in [3.8, 4) is 5.75 Å². The van der Waals surface area contributed by atoms with E-state index in [9.17, 15) is 23.5 Å². The summed E-state index contributed by atoms with van der Waals surface area (Å²) in [6, 6.07) is 14.4. The van der Waals surface area contributed by atoms with Crippen molar-refractivity contribution in [2.45, 2.75) is 61.3 Å². The fourth-order valence-corrected chi connectivity index (χ4v) is 8.99. The van der Waals surface area contributed by atoms with Crippen LogP contribution in [0.1, 0.15) is 56.7 Å². The molecule has 0 aromatic heterocycles. The molecular weight excluding hydrogens is 485 g/mol. The van der Waals surface area contributed by atoms with Crippen molar-refractivity contribution in [3.05, 3.63) is 59.7 Å². The average Bonchev–Trinajstić information content (AvgIpc) is 2.84. The second-order valence-corrected chi connectivity index (χ2v) is 12.3. The van der Waals surface area contributed by atoms with Gasteiger partial charge >= 0.3 is 7.60 Å². The lowest BCUT2D eigenvalue weighted by Gasteiger charge is -2.50. The van der Waals surface area contributed by atoms with Gasteiger partial charge in [0.05, 0.1) is 29.5 Å². The van der Waals surface area contributed by atoms with Gasteiger partial charge in [-0.25, -0.2) is 0 Å². The molecule has 0 aliphatic carbocycles. The Balaban J connectivity index is 0.00000385. The number of ether oxygens (including phenoxy) is 1. The third kappa shape index (κ3) is 5.95. The number of benzene rings is 2. The number of halogens is 1. The minimum Gasteiger partial charge on any atom is -0.497 e. The third-order valence-electron chi connectivity index (χ3n) is 6.44. The molecule has 33 heavy (non-hydrogen) atoms. The van der Waals surface area contributed by atoms with E-state index in [-0.39, 0.29) is 12.4 Å². The number of hydrogen-bond donors (Lipinski definition) is 5. The summed E-state index contributed by atoms with van der Waals surface area (Å²) in [5.74, 6) is 0.575. The first kappa shape index (κ1) is 28.1. The van der Waals surface area contributed by atoms with Gasteiger partial charge in [0, 0.05) is 11.1 Å². The molecule has 0 saturated heterocycles. The van der Waals surface area contributed by atoms with E-state index in [0.29, 0.717) is 29.1 Å². The molecule has 0 fully saturated rings. The highest BCUT2D eigenvalue weighted by Crippen LogP contribution is 2.64. The molecule has 1 heterocycles. The van der Waals surface area contributed by atoms with Crippen LogP contribution >= 0.6 is 30.6 Å². The molecule has 1 aliphatic heterocycles. The van der Waals surface area contributed by atoms with Crippen LogP contribution in [0.15, 0.2) is 53.4 Å². The van der Waals surface area contributed by atoms with E-state index in [2.05, 4.69) is 5.32 Å². The highest BCUT2D eigenvalue weighted by Gasteiger charge is 2.52. The molecule has 7 nitrogen and oxygen atoms in total. The highest BCUT2D eigenvalue weighted by atomic mass is 35.5. The molecule has 1 aliphatic rings. The lowest BCUT2D eigenvalue weighted by Crippen LogP contribution is -2.56. The lowest BCUT2D eigenvalue weighted by molar-refractivity contribution is 0.247. The Kier molecular flexibility index (Phi) is 9.47. The first-order chi connectivity index (χ1) is 15.1.